The van der Waals surface area contributed by atoms with Gasteiger partial charge in [-0.2, -0.15) is 0 Å². The highest BCUT2D eigenvalue weighted by atomic mass is 16.7. The van der Waals surface area contributed by atoms with Crippen LogP contribution < -0.4 is 0 Å². The van der Waals surface area contributed by atoms with Gasteiger partial charge in [0.2, 0.25) is 0 Å². The molecule has 116 valence electrons. The fourth-order valence-electron chi connectivity index (χ4n) is 3.96. The summed E-state index contributed by atoms with van der Waals surface area (Å²) in [6.07, 6.45) is 3.81. The third-order valence-corrected chi connectivity index (χ3v) is 4.63. The van der Waals surface area contributed by atoms with E-state index in [1.807, 2.05) is 6.08 Å². The highest BCUT2D eigenvalue weighted by Crippen LogP contribution is 2.48. The summed E-state index contributed by atoms with van der Waals surface area (Å²) < 4.78 is 12.5. The molecule has 3 heteroatoms. The Balaban J connectivity index is 2.23. The van der Waals surface area contributed by atoms with Gasteiger partial charge in [0.15, 0.2) is 5.79 Å². The van der Waals surface area contributed by atoms with Crippen LogP contribution in [0.3, 0.4) is 0 Å². The minimum absolute atomic E-state index is 0.0391. The van der Waals surface area contributed by atoms with E-state index in [-0.39, 0.29) is 16.5 Å². The summed E-state index contributed by atoms with van der Waals surface area (Å²) in [5, 5.41) is 0. The zero-order chi connectivity index (χ0) is 15.2. The summed E-state index contributed by atoms with van der Waals surface area (Å²) >= 11 is 0. The van der Waals surface area contributed by atoms with Crippen molar-refractivity contribution in [3.63, 3.8) is 0 Å². The molecule has 0 atom stereocenters. The summed E-state index contributed by atoms with van der Waals surface area (Å²) in [5.74, 6) is -0.416. The van der Waals surface area contributed by atoms with Crippen molar-refractivity contribution >= 4 is 0 Å². The van der Waals surface area contributed by atoms with Gasteiger partial charge in [-0.15, -0.1) is 6.58 Å². The Morgan fingerprint density at radius 1 is 0.950 bits per heavy atom. The first-order valence-corrected chi connectivity index (χ1v) is 7.69. The Morgan fingerprint density at radius 3 is 1.80 bits per heavy atom. The zero-order valence-corrected chi connectivity index (χ0v) is 14.1. The number of rotatable bonds is 2. The van der Waals surface area contributed by atoms with Crippen LogP contribution in [-0.4, -0.2) is 41.5 Å². The number of ether oxygens (including phenoxy) is 2. The molecule has 0 radical (unpaired) electrons. The number of piperidine rings is 1. The monoisotopic (exact) mass is 281 g/mol. The van der Waals surface area contributed by atoms with Crippen LogP contribution in [0.15, 0.2) is 12.7 Å². The van der Waals surface area contributed by atoms with Crippen molar-refractivity contribution in [3.8, 4) is 0 Å². The topological polar surface area (TPSA) is 21.7 Å². The fourth-order valence-corrected chi connectivity index (χ4v) is 3.96. The molecule has 2 aliphatic rings. The largest absolute Gasteiger partial charge is 0.349 e. The lowest BCUT2D eigenvalue weighted by Gasteiger charge is -2.60. The lowest BCUT2D eigenvalue weighted by molar-refractivity contribution is -0.338. The molecule has 0 aromatic rings. The van der Waals surface area contributed by atoms with Gasteiger partial charge in [0, 0.05) is 35.9 Å². The van der Waals surface area contributed by atoms with Crippen molar-refractivity contribution in [1.29, 1.82) is 0 Å². The van der Waals surface area contributed by atoms with E-state index in [2.05, 4.69) is 53.0 Å². The Morgan fingerprint density at radius 2 is 1.40 bits per heavy atom. The molecule has 0 N–H and O–H groups in total. The maximum Gasteiger partial charge on any atom is 0.171 e. The first-order chi connectivity index (χ1) is 9.02. The first-order valence-electron chi connectivity index (χ1n) is 7.69. The highest BCUT2D eigenvalue weighted by molar-refractivity contribution is 5.06. The second kappa shape index (κ2) is 4.82. The Labute approximate surface area is 124 Å². The molecule has 0 saturated carbocycles. The van der Waals surface area contributed by atoms with Crippen LogP contribution in [0.5, 0.6) is 0 Å². The van der Waals surface area contributed by atoms with Crippen LogP contribution in [0.4, 0.5) is 0 Å². The summed E-state index contributed by atoms with van der Waals surface area (Å²) in [6.45, 7) is 19.9. The summed E-state index contributed by atoms with van der Waals surface area (Å²) in [5.41, 5.74) is 0.201. The third kappa shape index (κ3) is 2.95. The molecule has 2 fully saturated rings. The SMILES string of the molecule is C=CCN1C(C)(C)CC2(CC1(C)C)OCC(C)(C)CO2. The number of hydrogen-bond acceptors (Lipinski definition) is 3. The van der Waals surface area contributed by atoms with Gasteiger partial charge in [0.25, 0.3) is 0 Å². The summed E-state index contributed by atoms with van der Waals surface area (Å²) in [4.78, 5) is 2.52. The molecule has 0 bridgehead atoms. The average molecular weight is 281 g/mol. The second-order valence-corrected chi connectivity index (χ2v) is 8.53. The number of hydrogen-bond donors (Lipinski definition) is 0. The molecular formula is C17H31NO2. The van der Waals surface area contributed by atoms with Gasteiger partial charge in [-0.1, -0.05) is 19.9 Å². The average Bonchev–Trinajstić information content (AvgIpc) is 2.28. The molecular weight excluding hydrogens is 250 g/mol. The van der Waals surface area contributed by atoms with Crippen LogP contribution in [0.25, 0.3) is 0 Å². The van der Waals surface area contributed by atoms with Crippen molar-refractivity contribution in [2.75, 3.05) is 19.8 Å². The van der Waals surface area contributed by atoms with Crippen molar-refractivity contribution in [3.05, 3.63) is 12.7 Å². The lowest BCUT2D eigenvalue weighted by atomic mass is 9.75. The second-order valence-electron chi connectivity index (χ2n) is 8.53. The van der Waals surface area contributed by atoms with E-state index in [1.165, 1.54) is 0 Å². The van der Waals surface area contributed by atoms with Crippen LogP contribution >= 0.6 is 0 Å². The quantitative estimate of drug-likeness (QED) is 0.722. The van der Waals surface area contributed by atoms with Crippen LogP contribution in [0, 0.1) is 5.41 Å². The van der Waals surface area contributed by atoms with E-state index in [0.29, 0.717) is 0 Å². The first kappa shape index (κ1) is 16.0. The molecule has 0 aromatic heterocycles. The van der Waals surface area contributed by atoms with Gasteiger partial charge in [0.1, 0.15) is 0 Å². The van der Waals surface area contributed by atoms with E-state index in [9.17, 15) is 0 Å². The predicted octanol–water partition coefficient (Wildman–Crippen LogP) is 3.59. The van der Waals surface area contributed by atoms with Crippen LogP contribution in [-0.2, 0) is 9.47 Å². The van der Waals surface area contributed by atoms with E-state index in [4.69, 9.17) is 9.47 Å². The standard InChI is InChI=1S/C17H31NO2/c1-8-9-18-15(4,5)10-17(11-16(18,6)7)19-12-14(2,3)13-20-17/h8H,1,9-13H2,2-7H3. The van der Waals surface area contributed by atoms with Gasteiger partial charge in [-0.05, 0) is 27.7 Å². The molecule has 2 heterocycles. The smallest absolute Gasteiger partial charge is 0.171 e. The molecule has 2 rings (SSSR count). The van der Waals surface area contributed by atoms with Gasteiger partial charge in [-0.25, -0.2) is 0 Å². The van der Waals surface area contributed by atoms with Crippen molar-refractivity contribution in [2.24, 2.45) is 5.41 Å². The molecule has 1 spiro atoms. The summed E-state index contributed by atoms with van der Waals surface area (Å²) in [7, 11) is 0. The lowest BCUT2D eigenvalue weighted by Crippen LogP contribution is -2.68. The maximum absolute atomic E-state index is 6.24. The molecule has 0 amide bonds. The fraction of sp³-hybridized carbons (Fsp3) is 0.882. The Bertz CT molecular complexity index is 354. The van der Waals surface area contributed by atoms with Crippen molar-refractivity contribution < 1.29 is 9.47 Å². The van der Waals surface area contributed by atoms with Gasteiger partial charge in [0.05, 0.1) is 13.2 Å². The van der Waals surface area contributed by atoms with Crippen molar-refractivity contribution in [2.45, 2.75) is 71.2 Å². The number of likely N-dealkylation sites (tertiary alicyclic amines) is 1. The molecule has 2 saturated heterocycles. The van der Waals surface area contributed by atoms with Crippen molar-refractivity contribution in [1.82, 2.24) is 4.90 Å². The predicted molar refractivity (Wildman–Crippen MR) is 82.7 cm³/mol. The summed E-state index contributed by atoms with van der Waals surface area (Å²) in [6, 6.07) is 0. The maximum atomic E-state index is 6.24. The van der Waals surface area contributed by atoms with E-state index in [1.54, 1.807) is 0 Å². The Kier molecular flexibility index (Phi) is 3.86. The molecule has 3 nitrogen and oxygen atoms in total. The molecule has 0 aliphatic carbocycles. The molecule has 2 aliphatic heterocycles. The van der Waals surface area contributed by atoms with E-state index >= 15 is 0 Å². The Hall–Kier alpha value is -0.380. The van der Waals surface area contributed by atoms with Gasteiger partial charge >= 0.3 is 0 Å². The molecule has 0 aromatic carbocycles. The van der Waals surface area contributed by atoms with E-state index in [0.717, 1.165) is 32.6 Å². The molecule has 20 heavy (non-hydrogen) atoms. The van der Waals surface area contributed by atoms with Gasteiger partial charge in [-0.3, -0.25) is 4.90 Å². The zero-order valence-electron chi connectivity index (χ0n) is 14.1. The van der Waals surface area contributed by atoms with Crippen LogP contribution in [0.2, 0.25) is 0 Å². The van der Waals surface area contributed by atoms with Crippen LogP contribution in [0.1, 0.15) is 54.4 Å². The van der Waals surface area contributed by atoms with E-state index < -0.39 is 5.79 Å². The normalized spacial score (nSPS) is 31.1. The minimum Gasteiger partial charge on any atom is -0.349 e. The van der Waals surface area contributed by atoms with Gasteiger partial charge < -0.3 is 9.47 Å². The molecule has 0 unspecified atom stereocenters. The number of nitrogens with zero attached hydrogens (tertiary/aromatic N) is 1. The third-order valence-electron chi connectivity index (χ3n) is 4.63. The minimum atomic E-state index is -0.416. The highest BCUT2D eigenvalue weighted by Gasteiger charge is 2.55.